The van der Waals surface area contributed by atoms with E-state index >= 15 is 0 Å². The van der Waals surface area contributed by atoms with E-state index in [2.05, 4.69) is 62.0 Å². The highest BCUT2D eigenvalue weighted by molar-refractivity contribution is 6.14. The Balaban J connectivity index is 0.000000151. The van der Waals surface area contributed by atoms with E-state index in [1.807, 2.05) is 6.07 Å². The lowest BCUT2D eigenvalue weighted by Crippen LogP contribution is -2.44. The number of ether oxygens (including phenoxy) is 2. The molecule has 1 aliphatic carbocycles. The highest BCUT2D eigenvalue weighted by Crippen LogP contribution is 2.37. The number of rotatable bonds is 1. The molecule has 1 spiro atoms. The van der Waals surface area contributed by atoms with Gasteiger partial charge in [-0.1, -0.05) is 66.7 Å². The van der Waals surface area contributed by atoms with Crippen LogP contribution in [-0.4, -0.2) is 17.7 Å². The van der Waals surface area contributed by atoms with Gasteiger partial charge in [-0.15, -0.1) is 0 Å². The van der Waals surface area contributed by atoms with Gasteiger partial charge < -0.3 is 9.47 Å². The smallest absolute Gasteiger partial charge is 0.348 e. The Morgan fingerprint density at radius 3 is 1.85 bits per heavy atom. The van der Waals surface area contributed by atoms with Crippen molar-refractivity contribution >= 4 is 11.9 Å². The third kappa shape index (κ3) is 4.02. The number of carbonyl (C=O) groups excluding carboxylic acids is 2. The van der Waals surface area contributed by atoms with Gasteiger partial charge in [0.25, 0.3) is 5.79 Å². The first kappa shape index (κ1) is 17.9. The number of hydrogen-bond donors (Lipinski definition) is 0. The summed E-state index contributed by atoms with van der Waals surface area (Å²) in [6.07, 6.45) is 3.07. The van der Waals surface area contributed by atoms with Gasteiger partial charge in [-0.25, -0.2) is 9.59 Å². The zero-order chi connectivity index (χ0) is 18.6. The minimum Gasteiger partial charge on any atom is -0.419 e. The van der Waals surface area contributed by atoms with Gasteiger partial charge in [0.2, 0.25) is 0 Å². The molecule has 0 N–H and O–H groups in total. The van der Waals surface area contributed by atoms with E-state index in [9.17, 15) is 9.59 Å². The minimum atomic E-state index is -0.963. The van der Waals surface area contributed by atoms with Crippen molar-refractivity contribution in [1.82, 2.24) is 0 Å². The lowest BCUT2D eigenvalue weighted by atomic mass is 10.0. The zero-order valence-electron chi connectivity index (χ0n) is 14.9. The van der Waals surface area contributed by atoms with Crippen molar-refractivity contribution in [3.8, 4) is 11.1 Å². The molecule has 0 bridgehead atoms. The van der Waals surface area contributed by atoms with Gasteiger partial charge in [0.15, 0.2) is 0 Å². The summed E-state index contributed by atoms with van der Waals surface area (Å²) in [6, 6.07) is 19.0. The molecule has 1 aliphatic heterocycles. The molecular weight excluding hydrogens is 328 g/mol. The summed E-state index contributed by atoms with van der Waals surface area (Å²) in [6.45, 7) is 5.39. The largest absolute Gasteiger partial charge is 0.419 e. The molecule has 0 radical (unpaired) electrons. The van der Waals surface area contributed by atoms with Crippen LogP contribution in [0, 0.1) is 6.92 Å². The number of carbonyl (C=O) groups is 2. The molecule has 4 nitrogen and oxygen atoms in total. The Kier molecular flexibility index (Phi) is 5.21. The third-order valence-corrected chi connectivity index (χ3v) is 4.57. The van der Waals surface area contributed by atoms with Crippen molar-refractivity contribution in [2.45, 2.75) is 38.4 Å². The fourth-order valence-electron chi connectivity index (χ4n) is 3.06. The van der Waals surface area contributed by atoms with Crippen LogP contribution >= 0.6 is 0 Å². The quantitative estimate of drug-likeness (QED) is 0.429. The van der Waals surface area contributed by atoms with E-state index in [0.717, 1.165) is 12.8 Å². The molecule has 2 fully saturated rings. The SMILES string of the molecule is C=C1C(=O)OC2(CCCC2)OC1=O.Cc1ccc(-c2ccccc2)cc1. The summed E-state index contributed by atoms with van der Waals surface area (Å²) < 4.78 is 10.1. The van der Waals surface area contributed by atoms with E-state index in [0.29, 0.717) is 12.8 Å². The van der Waals surface area contributed by atoms with Crippen LogP contribution in [0.2, 0.25) is 0 Å². The Labute approximate surface area is 153 Å². The topological polar surface area (TPSA) is 52.6 Å². The summed E-state index contributed by atoms with van der Waals surface area (Å²) in [5.74, 6) is -2.24. The third-order valence-electron chi connectivity index (χ3n) is 4.57. The van der Waals surface area contributed by atoms with Gasteiger partial charge in [-0.05, 0) is 30.9 Å². The van der Waals surface area contributed by atoms with E-state index < -0.39 is 17.7 Å². The maximum absolute atomic E-state index is 11.1. The van der Waals surface area contributed by atoms with Crippen molar-refractivity contribution in [1.29, 1.82) is 0 Å². The van der Waals surface area contributed by atoms with Crippen molar-refractivity contribution in [2.75, 3.05) is 0 Å². The van der Waals surface area contributed by atoms with E-state index in [-0.39, 0.29) is 5.57 Å². The van der Waals surface area contributed by atoms with Crippen molar-refractivity contribution in [3.63, 3.8) is 0 Å². The Morgan fingerprint density at radius 1 is 0.808 bits per heavy atom. The molecule has 2 aliphatic rings. The summed E-state index contributed by atoms with van der Waals surface area (Å²) in [7, 11) is 0. The summed E-state index contributed by atoms with van der Waals surface area (Å²) in [5, 5.41) is 0. The van der Waals surface area contributed by atoms with Gasteiger partial charge >= 0.3 is 11.9 Å². The maximum atomic E-state index is 11.1. The first-order valence-corrected chi connectivity index (χ1v) is 8.77. The molecular formula is C22H22O4. The molecule has 0 amide bonds. The monoisotopic (exact) mass is 350 g/mol. The van der Waals surface area contributed by atoms with E-state index in [1.165, 1.54) is 16.7 Å². The molecule has 2 aromatic rings. The number of benzene rings is 2. The zero-order valence-corrected chi connectivity index (χ0v) is 14.9. The van der Waals surface area contributed by atoms with E-state index in [1.54, 1.807) is 0 Å². The molecule has 1 saturated heterocycles. The Bertz CT molecular complexity index is 778. The molecule has 0 atom stereocenters. The molecule has 0 unspecified atom stereocenters. The van der Waals surface area contributed by atoms with Gasteiger partial charge in [-0.3, -0.25) is 0 Å². The van der Waals surface area contributed by atoms with Crippen molar-refractivity contribution in [2.24, 2.45) is 0 Å². The number of esters is 2. The van der Waals surface area contributed by atoms with Crippen LogP contribution in [0.4, 0.5) is 0 Å². The first-order valence-electron chi connectivity index (χ1n) is 8.77. The number of hydrogen-bond acceptors (Lipinski definition) is 4. The van der Waals surface area contributed by atoms with Crippen LogP contribution in [-0.2, 0) is 19.1 Å². The number of aryl methyl sites for hydroxylation is 1. The van der Waals surface area contributed by atoms with Crippen LogP contribution in [0.15, 0.2) is 66.7 Å². The highest BCUT2D eigenvalue weighted by atomic mass is 16.7. The molecule has 4 heteroatoms. The molecule has 2 aromatic carbocycles. The fraction of sp³-hybridized carbons (Fsp3) is 0.273. The molecule has 0 aromatic heterocycles. The second kappa shape index (κ2) is 7.56. The van der Waals surface area contributed by atoms with Crippen molar-refractivity contribution in [3.05, 3.63) is 72.3 Å². The minimum absolute atomic E-state index is 0.211. The summed E-state index contributed by atoms with van der Waals surface area (Å²) in [4.78, 5) is 22.3. The molecule has 26 heavy (non-hydrogen) atoms. The van der Waals surface area contributed by atoms with Crippen LogP contribution in [0.25, 0.3) is 11.1 Å². The van der Waals surface area contributed by atoms with Gasteiger partial charge in [0.05, 0.1) is 0 Å². The van der Waals surface area contributed by atoms with Crippen LogP contribution in [0.1, 0.15) is 31.2 Å². The second-order valence-electron chi connectivity index (χ2n) is 6.61. The molecule has 1 heterocycles. The Hall–Kier alpha value is -2.88. The molecule has 4 rings (SSSR count). The lowest BCUT2D eigenvalue weighted by Gasteiger charge is -2.32. The van der Waals surface area contributed by atoms with Crippen LogP contribution in [0.5, 0.6) is 0 Å². The second-order valence-corrected chi connectivity index (χ2v) is 6.61. The highest BCUT2D eigenvalue weighted by Gasteiger charge is 2.47. The predicted molar refractivity (Wildman–Crippen MR) is 99.1 cm³/mol. The molecule has 1 saturated carbocycles. The standard InChI is InChI=1S/C13H12.C9H10O4/c1-11-7-9-13(10-8-11)12-5-3-2-4-6-12;1-6-7(10)12-9(13-8(6)11)4-2-3-5-9/h2-10H,1H3;1-5H2. The van der Waals surface area contributed by atoms with Crippen molar-refractivity contribution < 1.29 is 19.1 Å². The van der Waals surface area contributed by atoms with Crippen LogP contribution in [0.3, 0.4) is 0 Å². The average Bonchev–Trinajstić information content (AvgIpc) is 3.09. The predicted octanol–water partition coefficient (Wildman–Crippen LogP) is 4.57. The van der Waals surface area contributed by atoms with E-state index in [4.69, 9.17) is 9.47 Å². The molecule has 134 valence electrons. The van der Waals surface area contributed by atoms with Crippen LogP contribution < -0.4 is 0 Å². The fourth-order valence-corrected chi connectivity index (χ4v) is 3.06. The lowest BCUT2D eigenvalue weighted by molar-refractivity contribution is -0.232. The Morgan fingerprint density at radius 2 is 1.31 bits per heavy atom. The van der Waals surface area contributed by atoms with Gasteiger partial charge in [0, 0.05) is 12.8 Å². The maximum Gasteiger partial charge on any atom is 0.348 e. The summed E-state index contributed by atoms with van der Waals surface area (Å²) >= 11 is 0. The summed E-state index contributed by atoms with van der Waals surface area (Å²) in [5.41, 5.74) is 3.66. The normalized spacial score (nSPS) is 18.0. The van der Waals surface area contributed by atoms with Gasteiger partial charge in [-0.2, -0.15) is 0 Å². The van der Waals surface area contributed by atoms with Gasteiger partial charge in [0.1, 0.15) is 5.57 Å². The average molecular weight is 350 g/mol. The first-order chi connectivity index (χ1) is 12.5.